The smallest absolute Gasteiger partial charge is 0.123 e. The Bertz CT molecular complexity index is 222. The van der Waals surface area contributed by atoms with E-state index in [1.54, 1.807) is 6.20 Å². The zero-order valence-electron chi connectivity index (χ0n) is 5.06. The third kappa shape index (κ3) is 1.54. The summed E-state index contributed by atoms with van der Waals surface area (Å²) in [5.41, 5.74) is 6.60. The Morgan fingerprint density at radius 2 is 2.33 bits per heavy atom. The van der Waals surface area contributed by atoms with Crippen LogP contribution in [0.1, 0.15) is 5.56 Å². The summed E-state index contributed by atoms with van der Waals surface area (Å²) >= 11 is 2.22. The predicted molar refractivity (Wildman–Crippen MR) is 46.1 cm³/mol. The Kier molecular flexibility index (Phi) is 1.90. The maximum Gasteiger partial charge on any atom is 0.123 e. The van der Waals surface area contributed by atoms with E-state index in [1.165, 1.54) is 5.56 Å². The number of nitrogen functional groups attached to an aromatic ring is 1. The molecule has 1 rings (SSSR count). The van der Waals surface area contributed by atoms with E-state index in [2.05, 4.69) is 27.6 Å². The van der Waals surface area contributed by atoms with Crippen LogP contribution in [0.3, 0.4) is 0 Å². The van der Waals surface area contributed by atoms with Crippen LogP contribution in [-0.4, -0.2) is 4.98 Å². The highest BCUT2D eigenvalue weighted by molar-refractivity contribution is 14.1. The number of aryl methyl sites for hydroxylation is 1. The lowest BCUT2D eigenvalue weighted by atomic mass is 10.3. The highest BCUT2D eigenvalue weighted by atomic mass is 127. The van der Waals surface area contributed by atoms with Crippen LogP contribution in [0.5, 0.6) is 0 Å². The molecule has 1 aromatic heterocycles. The number of pyridine rings is 1. The molecule has 3 heteroatoms. The quantitative estimate of drug-likeness (QED) is 0.692. The van der Waals surface area contributed by atoms with Crippen molar-refractivity contribution in [1.82, 2.24) is 4.98 Å². The molecule has 1 aromatic rings. The average Bonchev–Trinajstić information content (AvgIpc) is 1.80. The van der Waals surface area contributed by atoms with Crippen molar-refractivity contribution < 1.29 is 0 Å². The van der Waals surface area contributed by atoms with Gasteiger partial charge in [-0.3, -0.25) is 0 Å². The first-order valence-electron chi connectivity index (χ1n) is 2.58. The monoisotopic (exact) mass is 234 g/mol. The van der Waals surface area contributed by atoms with Crippen molar-refractivity contribution in [2.24, 2.45) is 0 Å². The van der Waals surface area contributed by atoms with Crippen LogP contribution in [0.15, 0.2) is 12.3 Å². The highest BCUT2D eigenvalue weighted by Crippen LogP contribution is 2.10. The van der Waals surface area contributed by atoms with Crippen molar-refractivity contribution in [3.8, 4) is 0 Å². The molecular formula is C6H7IN2. The minimum atomic E-state index is 0.591. The lowest BCUT2D eigenvalue weighted by Gasteiger charge is -1.95. The molecule has 1 heterocycles. The van der Waals surface area contributed by atoms with Gasteiger partial charge in [-0.1, -0.05) is 0 Å². The SMILES string of the molecule is Cc1cc(N)ncc1I. The number of hydrogen-bond donors (Lipinski definition) is 1. The van der Waals surface area contributed by atoms with Crippen molar-refractivity contribution in [3.63, 3.8) is 0 Å². The zero-order chi connectivity index (χ0) is 6.85. The minimum Gasteiger partial charge on any atom is -0.384 e. The minimum absolute atomic E-state index is 0.591. The molecule has 0 saturated heterocycles. The number of nitrogens with zero attached hydrogens (tertiary/aromatic N) is 1. The molecule has 0 fully saturated rings. The van der Waals surface area contributed by atoms with Gasteiger partial charge in [-0.15, -0.1) is 0 Å². The Balaban J connectivity index is 3.17. The van der Waals surface area contributed by atoms with Crippen LogP contribution in [0.2, 0.25) is 0 Å². The van der Waals surface area contributed by atoms with Crippen LogP contribution in [-0.2, 0) is 0 Å². The first kappa shape index (κ1) is 6.80. The molecule has 2 nitrogen and oxygen atoms in total. The predicted octanol–water partition coefficient (Wildman–Crippen LogP) is 1.58. The van der Waals surface area contributed by atoms with Gasteiger partial charge < -0.3 is 5.73 Å². The van der Waals surface area contributed by atoms with Crippen LogP contribution < -0.4 is 5.73 Å². The zero-order valence-corrected chi connectivity index (χ0v) is 7.21. The molecule has 0 atom stereocenters. The summed E-state index contributed by atoms with van der Waals surface area (Å²) in [7, 11) is 0. The average molecular weight is 234 g/mol. The number of aromatic nitrogens is 1. The molecule has 0 radical (unpaired) electrons. The van der Waals surface area contributed by atoms with Crippen LogP contribution >= 0.6 is 22.6 Å². The van der Waals surface area contributed by atoms with E-state index in [-0.39, 0.29) is 0 Å². The summed E-state index contributed by atoms with van der Waals surface area (Å²) in [5.74, 6) is 0.591. The third-order valence-corrected chi connectivity index (χ3v) is 2.20. The molecule has 0 bridgehead atoms. The lowest BCUT2D eigenvalue weighted by molar-refractivity contribution is 1.27. The van der Waals surface area contributed by atoms with Crippen LogP contribution in [0, 0.1) is 10.5 Å². The fourth-order valence-electron chi connectivity index (χ4n) is 0.561. The van der Waals surface area contributed by atoms with E-state index in [9.17, 15) is 0 Å². The summed E-state index contributed by atoms with van der Waals surface area (Å²) in [5, 5.41) is 0. The number of anilines is 1. The Labute approximate surface area is 67.6 Å². The van der Waals surface area contributed by atoms with Gasteiger partial charge in [0, 0.05) is 9.77 Å². The summed E-state index contributed by atoms with van der Waals surface area (Å²) < 4.78 is 1.15. The molecule has 2 N–H and O–H groups in total. The molecule has 0 aliphatic rings. The Morgan fingerprint density at radius 3 is 2.78 bits per heavy atom. The van der Waals surface area contributed by atoms with Crippen molar-refractivity contribution >= 4 is 28.4 Å². The molecule has 0 aliphatic heterocycles. The van der Waals surface area contributed by atoms with Crippen molar-refractivity contribution in [2.45, 2.75) is 6.92 Å². The van der Waals surface area contributed by atoms with Gasteiger partial charge in [0.15, 0.2) is 0 Å². The Morgan fingerprint density at radius 1 is 1.67 bits per heavy atom. The van der Waals surface area contributed by atoms with E-state index in [1.807, 2.05) is 13.0 Å². The van der Waals surface area contributed by atoms with Gasteiger partial charge in [0.2, 0.25) is 0 Å². The molecule has 0 amide bonds. The van der Waals surface area contributed by atoms with Gasteiger partial charge in [-0.2, -0.15) is 0 Å². The van der Waals surface area contributed by atoms with Gasteiger partial charge in [-0.05, 0) is 41.1 Å². The normalized spacial score (nSPS) is 9.56. The molecular weight excluding hydrogens is 227 g/mol. The first-order chi connectivity index (χ1) is 4.20. The third-order valence-electron chi connectivity index (χ3n) is 1.07. The van der Waals surface area contributed by atoms with Gasteiger partial charge >= 0.3 is 0 Å². The van der Waals surface area contributed by atoms with Gasteiger partial charge in [-0.25, -0.2) is 4.98 Å². The lowest BCUT2D eigenvalue weighted by Crippen LogP contribution is -1.91. The summed E-state index contributed by atoms with van der Waals surface area (Å²) in [4.78, 5) is 3.91. The van der Waals surface area contributed by atoms with Crippen LogP contribution in [0.25, 0.3) is 0 Å². The fourth-order valence-corrected chi connectivity index (χ4v) is 0.856. The molecule has 0 unspecified atom stereocenters. The molecule has 0 saturated carbocycles. The second-order valence-electron chi connectivity index (χ2n) is 1.86. The van der Waals surface area contributed by atoms with E-state index >= 15 is 0 Å². The van der Waals surface area contributed by atoms with Gasteiger partial charge in [0.05, 0.1) is 0 Å². The first-order valence-corrected chi connectivity index (χ1v) is 3.65. The molecule has 0 aliphatic carbocycles. The number of hydrogen-bond acceptors (Lipinski definition) is 2. The number of halogens is 1. The van der Waals surface area contributed by atoms with Gasteiger partial charge in [0.25, 0.3) is 0 Å². The molecule has 0 aromatic carbocycles. The maximum atomic E-state index is 5.41. The van der Waals surface area contributed by atoms with Gasteiger partial charge in [0.1, 0.15) is 5.82 Å². The summed E-state index contributed by atoms with van der Waals surface area (Å²) in [6.07, 6.45) is 1.77. The van der Waals surface area contributed by atoms with Crippen molar-refractivity contribution in [1.29, 1.82) is 0 Å². The van der Waals surface area contributed by atoms with Crippen molar-refractivity contribution in [2.75, 3.05) is 5.73 Å². The topological polar surface area (TPSA) is 38.9 Å². The summed E-state index contributed by atoms with van der Waals surface area (Å²) in [6, 6.07) is 1.86. The second kappa shape index (κ2) is 2.51. The number of nitrogens with two attached hydrogens (primary N) is 1. The fraction of sp³-hybridized carbons (Fsp3) is 0.167. The maximum absolute atomic E-state index is 5.41. The van der Waals surface area contributed by atoms with Crippen LogP contribution in [0.4, 0.5) is 5.82 Å². The van der Waals surface area contributed by atoms with E-state index in [0.717, 1.165) is 3.57 Å². The second-order valence-corrected chi connectivity index (χ2v) is 3.02. The number of rotatable bonds is 0. The largest absolute Gasteiger partial charge is 0.384 e. The molecule has 9 heavy (non-hydrogen) atoms. The Hall–Kier alpha value is -0.320. The molecule has 48 valence electrons. The highest BCUT2D eigenvalue weighted by Gasteiger charge is 1.92. The van der Waals surface area contributed by atoms with E-state index in [4.69, 9.17) is 5.73 Å². The summed E-state index contributed by atoms with van der Waals surface area (Å²) in [6.45, 7) is 2.01. The molecule has 0 spiro atoms. The van der Waals surface area contributed by atoms with Crippen molar-refractivity contribution in [3.05, 3.63) is 21.4 Å². The standard InChI is InChI=1S/C6H7IN2/c1-4-2-6(8)9-3-5(4)7/h2-3H,1H3,(H2,8,9). The van der Waals surface area contributed by atoms with E-state index in [0.29, 0.717) is 5.82 Å². The van der Waals surface area contributed by atoms with E-state index < -0.39 is 0 Å².